The van der Waals surface area contributed by atoms with Gasteiger partial charge < -0.3 is 24.3 Å². The van der Waals surface area contributed by atoms with Crippen LogP contribution in [0.1, 0.15) is 78.3 Å². The molecule has 51 heavy (non-hydrogen) atoms. The molecule has 6 rings (SSSR count). The Morgan fingerprint density at radius 1 is 1.00 bits per heavy atom. The van der Waals surface area contributed by atoms with Gasteiger partial charge in [0, 0.05) is 43.5 Å². The summed E-state index contributed by atoms with van der Waals surface area (Å²) < 4.78 is 27.6. The Hall–Kier alpha value is -4.65. The first kappa shape index (κ1) is 36.2. The molecule has 1 saturated carbocycles. The molecule has 3 aromatic heterocycles. The summed E-state index contributed by atoms with van der Waals surface area (Å²) in [7, 11) is 0. The van der Waals surface area contributed by atoms with Gasteiger partial charge in [-0.25, -0.2) is 14.6 Å². The van der Waals surface area contributed by atoms with E-state index in [1.807, 2.05) is 39.1 Å². The van der Waals surface area contributed by atoms with Gasteiger partial charge >= 0.3 is 0 Å². The molecule has 2 fully saturated rings. The number of aromatic nitrogens is 8. The van der Waals surface area contributed by atoms with Crippen LogP contribution in [0.25, 0.3) is 11.1 Å². The van der Waals surface area contributed by atoms with Gasteiger partial charge in [0.15, 0.2) is 0 Å². The minimum Gasteiger partial charge on any atom is -0.487 e. The first-order chi connectivity index (χ1) is 24.7. The third kappa shape index (κ3) is 9.78. The lowest BCUT2D eigenvalue weighted by Gasteiger charge is -2.42. The highest BCUT2D eigenvalue weighted by atomic mass is 16.5. The molecule has 1 saturated heterocycles. The Kier molecular flexibility index (Phi) is 12.1. The summed E-state index contributed by atoms with van der Waals surface area (Å²) >= 11 is 0. The Balaban J connectivity index is 1.13. The molecule has 1 N–H and O–H groups in total. The quantitative estimate of drug-likeness (QED) is 0.161. The lowest BCUT2D eigenvalue weighted by atomic mass is 9.89. The normalized spacial score (nSPS) is 21.7. The van der Waals surface area contributed by atoms with E-state index in [2.05, 4.69) is 60.3 Å². The maximum atomic E-state index is 9.69. The Morgan fingerprint density at radius 3 is 2.43 bits per heavy atom. The highest BCUT2D eigenvalue weighted by molar-refractivity contribution is 5.67. The van der Waals surface area contributed by atoms with Gasteiger partial charge in [-0.3, -0.25) is 9.58 Å². The van der Waals surface area contributed by atoms with Crippen LogP contribution < -0.4 is 14.8 Å². The number of ether oxygens (including phenoxy) is 4. The number of tetrazole rings is 1. The molecule has 4 aromatic rings. The highest BCUT2D eigenvalue weighted by Gasteiger charge is 2.32. The molecule has 0 spiro atoms. The molecule has 1 aliphatic heterocycles. The topological polar surface area (TPSA) is 163 Å². The van der Waals surface area contributed by atoms with Crippen molar-refractivity contribution in [3.05, 3.63) is 48.7 Å². The number of morpholine rings is 1. The number of anilines is 2. The molecule has 0 amide bonds. The van der Waals surface area contributed by atoms with Gasteiger partial charge in [-0.1, -0.05) is 6.07 Å². The predicted octanol–water partition coefficient (Wildman–Crippen LogP) is 5.20. The van der Waals surface area contributed by atoms with Gasteiger partial charge in [0.05, 0.1) is 55.9 Å². The van der Waals surface area contributed by atoms with E-state index < -0.39 is 0 Å². The summed E-state index contributed by atoms with van der Waals surface area (Å²) in [4.78, 5) is 11.9. The van der Waals surface area contributed by atoms with Crippen LogP contribution in [-0.2, 0) is 16.0 Å². The fourth-order valence-corrected chi connectivity index (χ4v) is 6.84. The zero-order valence-electron chi connectivity index (χ0n) is 30.2. The van der Waals surface area contributed by atoms with Crippen LogP contribution in [-0.4, -0.2) is 102 Å². The smallest absolute Gasteiger partial charge is 0.256 e. The minimum atomic E-state index is -0.272. The lowest BCUT2D eigenvalue weighted by Crippen LogP contribution is -2.51. The van der Waals surface area contributed by atoms with E-state index in [4.69, 9.17) is 24.0 Å². The lowest BCUT2D eigenvalue weighted by molar-refractivity contribution is -0.0852. The maximum absolute atomic E-state index is 9.69. The second kappa shape index (κ2) is 17.0. The van der Waals surface area contributed by atoms with Crippen molar-refractivity contribution in [2.24, 2.45) is 0 Å². The predicted molar refractivity (Wildman–Crippen MR) is 190 cm³/mol. The summed E-state index contributed by atoms with van der Waals surface area (Å²) in [5.41, 5.74) is 2.75. The second-order valence-electron chi connectivity index (χ2n) is 13.8. The summed E-state index contributed by atoms with van der Waals surface area (Å²) in [5.74, 6) is 1.41. The first-order valence-electron chi connectivity index (χ1n) is 18.0. The monoisotopic (exact) mass is 699 g/mol. The highest BCUT2D eigenvalue weighted by Crippen LogP contribution is 2.35. The van der Waals surface area contributed by atoms with Crippen LogP contribution in [0.3, 0.4) is 0 Å². The van der Waals surface area contributed by atoms with Crippen molar-refractivity contribution in [1.82, 2.24) is 44.9 Å². The van der Waals surface area contributed by atoms with Gasteiger partial charge in [-0.15, -0.1) is 10.2 Å². The van der Waals surface area contributed by atoms with Crippen molar-refractivity contribution < 1.29 is 18.9 Å². The van der Waals surface area contributed by atoms with Crippen molar-refractivity contribution in [2.45, 2.75) is 110 Å². The van der Waals surface area contributed by atoms with E-state index in [0.29, 0.717) is 48.9 Å². The Morgan fingerprint density at radius 2 is 1.75 bits per heavy atom. The number of benzene rings is 1. The van der Waals surface area contributed by atoms with E-state index >= 15 is 0 Å². The third-order valence-corrected chi connectivity index (χ3v) is 9.18. The summed E-state index contributed by atoms with van der Waals surface area (Å²) in [6, 6.07) is 8.49. The molecule has 0 unspecified atom stereocenters. The molecule has 272 valence electrons. The van der Waals surface area contributed by atoms with Gasteiger partial charge in [-0.05, 0) is 88.4 Å². The molecule has 3 atom stereocenters. The van der Waals surface area contributed by atoms with E-state index in [0.717, 1.165) is 62.0 Å². The number of nitrogens with zero attached hydrogens (tertiary/aromatic N) is 10. The zero-order valence-corrected chi connectivity index (χ0v) is 30.2. The largest absolute Gasteiger partial charge is 0.487 e. The molecule has 15 nitrogen and oxygen atoms in total. The van der Waals surface area contributed by atoms with Gasteiger partial charge in [0.2, 0.25) is 5.95 Å². The zero-order chi connectivity index (χ0) is 35.7. The van der Waals surface area contributed by atoms with E-state index in [-0.39, 0.29) is 30.5 Å². The molecule has 0 bridgehead atoms. The minimum absolute atomic E-state index is 0.177. The Bertz CT molecular complexity index is 1710. The second-order valence-corrected chi connectivity index (χ2v) is 13.8. The fourth-order valence-electron chi connectivity index (χ4n) is 6.84. The third-order valence-electron chi connectivity index (χ3n) is 9.18. The molecule has 1 aliphatic carbocycles. The maximum Gasteiger partial charge on any atom is 0.256 e. The van der Waals surface area contributed by atoms with Gasteiger partial charge in [-0.2, -0.15) is 5.26 Å². The van der Waals surface area contributed by atoms with Crippen LogP contribution in [0.4, 0.5) is 11.6 Å². The van der Waals surface area contributed by atoms with Crippen molar-refractivity contribution in [3.63, 3.8) is 0 Å². The fraction of sp³-hybridized carbons (Fsp3) is 0.583. The molecule has 4 heterocycles. The molecule has 1 aromatic carbocycles. The average molecular weight is 700 g/mol. The molecule has 2 aliphatic rings. The average Bonchev–Trinajstić information content (AvgIpc) is 3.78. The van der Waals surface area contributed by atoms with Gasteiger partial charge in [0.1, 0.15) is 29.9 Å². The van der Waals surface area contributed by atoms with E-state index in [1.54, 1.807) is 23.1 Å². The summed E-state index contributed by atoms with van der Waals surface area (Å²) in [6.07, 6.45) is 12.6. The number of hydrogen-bond donors (Lipinski definition) is 1. The Labute approximate surface area is 299 Å². The van der Waals surface area contributed by atoms with E-state index in [1.165, 1.54) is 6.33 Å². The molecular formula is C36H49N11O4. The molecule has 0 radical (unpaired) electrons. The van der Waals surface area contributed by atoms with Crippen molar-refractivity contribution in [2.75, 3.05) is 31.6 Å². The van der Waals surface area contributed by atoms with E-state index in [9.17, 15) is 5.26 Å². The number of nitrogens with one attached hydrogen (secondary N) is 1. The number of rotatable bonds is 15. The van der Waals surface area contributed by atoms with Crippen molar-refractivity contribution in [3.8, 4) is 28.8 Å². The summed E-state index contributed by atoms with van der Waals surface area (Å²) in [5, 5.41) is 29.2. The van der Waals surface area contributed by atoms with Crippen LogP contribution in [0.2, 0.25) is 0 Å². The number of hydrogen-bond acceptors (Lipinski definition) is 13. The standard InChI is InChI=1S/C36H49N11O4/c1-24(2)48-13-6-14-49-35-33(22-47(42-35)32-11-9-31(10-12-32)45-19-25(3)50-26(4)20-45)41-36-38-17-30(18-39-36)28-7-8-29(16-37)34(15-28)51-27(5)21-46-23-40-43-44-46/h7-8,15,17-18,22-27,31-32H,6,9-14,19-21H2,1-5H3,(H,38,39,41)/t25-,26+,27-,31?,32?/m0/s1. The van der Waals surface area contributed by atoms with Gasteiger partial charge in [0.25, 0.3) is 5.88 Å². The molecular weight excluding hydrogens is 650 g/mol. The van der Waals surface area contributed by atoms with Crippen LogP contribution in [0.15, 0.2) is 43.1 Å². The summed E-state index contributed by atoms with van der Waals surface area (Å²) in [6.45, 7) is 13.8. The molecule has 15 heteroatoms. The SMILES string of the molecule is CC(C)OCCCOc1nn(C2CCC(N3C[C@@H](C)O[C@@H](C)C3)CC2)cc1Nc1ncc(-c2ccc(C#N)c(O[C@@H](C)Cn3cnnn3)c2)cn1. The van der Waals surface area contributed by atoms with Crippen molar-refractivity contribution >= 4 is 11.6 Å². The van der Waals surface area contributed by atoms with Crippen LogP contribution in [0, 0.1) is 11.3 Å². The van der Waals surface area contributed by atoms with Crippen LogP contribution >= 0.6 is 0 Å². The first-order valence-corrected chi connectivity index (χ1v) is 18.0. The van der Waals surface area contributed by atoms with Crippen LogP contribution in [0.5, 0.6) is 11.6 Å². The number of nitriles is 1. The van der Waals surface area contributed by atoms with Crippen molar-refractivity contribution in [1.29, 1.82) is 5.26 Å².